The number of benzene rings is 4. The van der Waals surface area contributed by atoms with Gasteiger partial charge in [0, 0.05) is 11.5 Å². The van der Waals surface area contributed by atoms with E-state index in [1.165, 1.54) is 6.07 Å². The quantitative estimate of drug-likeness (QED) is 0.185. The van der Waals surface area contributed by atoms with Gasteiger partial charge in [0.25, 0.3) is 0 Å². The topological polar surface area (TPSA) is 18.5 Å². The van der Waals surface area contributed by atoms with E-state index in [-0.39, 0.29) is 24.2 Å². The number of fused-ring (bicyclic) bond motifs is 1. The molecule has 0 radical (unpaired) electrons. The van der Waals surface area contributed by atoms with Crippen LogP contribution in [0.3, 0.4) is 0 Å². The number of aryl methyl sites for hydroxylation is 4. The molecule has 2 nitrogen and oxygen atoms in total. The molecule has 0 amide bonds. The van der Waals surface area contributed by atoms with Gasteiger partial charge in [-0.05, 0) is 78.4 Å². The summed E-state index contributed by atoms with van der Waals surface area (Å²) in [5.74, 6) is -3.97. The Hall–Kier alpha value is -3.75. The molecule has 39 heavy (non-hydrogen) atoms. The molecule has 4 aromatic carbocycles. The summed E-state index contributed by atoms with van der Waals surface area (Å²) in [5.41, 5.74) is 1.93. The zero-order valence-corrected chi connectivity index (χ0v) is 21.0. The van der Waals surface area contributed by atoms with Crippen LogP contribution in [-0.2, 0) is 25.7 Å². The second-order valence-corrected chi connectivity index (χ2v) is 9.07. The molecule has 0 heterocycles. The molecule has 0 bridgehead atoms. The van der Waals surface area contributed by atoms with E-state index in [0.29, 0.717) is 47.1 Å². The highest BCUT2D eigenvalue weighted by Gasteiger charge is 2.30. The highest BCUT2D eigenvalue weighted by molar-refractivity contribution is 5.84. The normalized spacial score (nSPS) is 11.7. The van der Waals surface area contributed by atoms with Crippen LogP contribution in [0.2, 0.25) is 0 Å². The molecule has 0 fully saturated rings. The molecule has 0 aliphatic carbocycles. The van der Waals surface area contributed by atoms with Crippen LogP contribution in [0.5, 0.6) is 11.5 Å². The van der Waals surface area contributed by atoms with Crippen molar-refractivity contribution in [2.45, 2.75) is 38.8 Å². The number of hydrogen-bond acceptors (Lipinski definition) is 2. The average molecular weight is 551 g/mol. The minimum atomic E-state index is -4.74. The van der Waals surface area contributed by atoms with Crippen molar-refractivity contribution in [2.24, 2.45) is 0 Å². The number of alkyl halides is 3. The average Bonchev–Trinajstić information content (AvgIpc) is 2.87. The Morgan fingerprint density at radius 1 is 0.641 bits per heavy atom. The summed E-state index contributed by atoms with van der Waals surface area (Å²) >= 11 is 0. The second-order valence-electron chi connectivity index (χ2n) is 9.07. The van der Waals surface area contributed by atoms with Gasteiger partial charge in [0.2, 0.25) is 0 Å². The van der Waals surface area contributed by atoms with Crippen LogP contribution in [0.4, 0.5) is 30.7 Å². The van der Waals surface area contributed by atoms with Crippen LogP contribution in [0.25, 0.3) is 10.8 Å². The Bertz CT molecular complexity index is 1440. The van der Waals surface area contributed by atoms with Crippen molar-refractivity contribution in [3.63, 3.8) is 0 Å². The molecule has 0 N–H and O–H groups in total. The van der Waals surface area contributed by atoms with E-state index in [4.69, 9.17) is 4.74 Å². The fourth-order valence-corrected chi connectivity index (χ4v) is 4.33. The molecule has 0 unspecified atom stereocenters. The van der Waals surface area contributed by atoms with Gasteiger partial charge in [0.05, 0.1) is 6.61 Å². The van der Waals surface area contributed by atoms with Gasteiger partial charge in [-0.3, -0.25) is 0 Å². The molecule has 9 heteroatoms. The van der Waals surface area contributed by atoms with Gasteiger partial charge in [-0.25, -0.2) is 17.6 Å². The highest BCUT2D eigenvalue weighted by Crippen LogP contribution is 2.28. The van der Waals surface area contributed by atoms with Crippen molar-refractivity contribution in [1.82, 2.24) is 0 Å². The van der Waals surface area contributed by atoms with E-state index < -0.39 is 36.0 Å². The summed E-state index contributed by atoms with van der Waals surface area (Å²) in [5, 5.41) is 1.03. The van der Waals surface area contributed by atoms with Crippen LogP contribution >= 0.6 is 0 Å². The zero-order chi connectivity index (χ0) is 28.2. The third-order valence-corrected chi connectivity index (χ3v) is 6.24. The van der Waals surface area contributed by atoms with E-state index in [2.05, 4.69) is 4.74 Å². The minimum Gasteiger partial charge on any atom is -0.494 e. The molecule has 206 valence electrons. The van der Waals surface area contributed by atoms with Crippen molar-refractivity contribution in [1.29, 1.82) is 0 Å². The Balaban J connectivity index is 1.42. The summed E-state index contributed by atoms with van der Waals surface area (Å²) in [4.78, 5) is 0. The molecule has 4 rings (SSSR count). The Morgan fingerprint density at radius 2 is 1.31 bits per heavy atom. The summed E-state index contributed by atoms with van der Waals surface area (Å²) in [7, 11) is 0. The maximum Gasteiger partial charge on any atom is 0.422 e. The summed E-state index contributed by atoms with van der Waals surface area (Å²) in [6.45, 7) is 0.451. The van der Waals surface area contributed by atoms with Gasteiger partial charge in [0.15, 0.2) is 24.0 Å². The monoisotopic (exact) mass is 550 g/mol. The van der Waals surface area contributed by atoms with Crippen molar-refractivity contribution in [2.75, 3.05) is 13.2 Å². The molecular formula is C30H25F7O2. The summed E-state index contributed by atoms with van der Waals surface area (Å²) < 4.78 is 104. The molecule has 0 saturated heterocycles. The number of halogens is 7. The van der Waals surface area contributed by atoms with Gasteiger partial charge in [-0.15, -0.1) is 0 Å². The smallest absolute Gasteiger partial charge is 0.422 e. The van der Waals surface area contributed by atoms with Gasteiger partial charge in [-0.1, -0.05) is 36.4 Å². The van der Waals surface area contributed by atoms with E-state index in [0.717, 1.165) is 17.7 Å². The van der Waals surface area contributed by atoms with Gasteiger partial charge in [0.1, 0.15) is 17.4 Å². The van der Waals surface area contributed by atoms with E-state index >= 15 is 4.39 Å². The largest absolute Gasteiger partial charge is 0.494 e. The second kappa shape index (κ2) is 12.0. The number of ether oxygens (including phenoxy) is 2. The van der Waals surface area contributed by atoms with Crippen molar-refractivity contribution in [3.05, 3.63) is 106 Å². The first-order valence-electron chi connectivity index (χ1n) is 12.3. The fraction of sp³-hybridized carbons (Fsp3) is 0.267. The lowest BCUT2D eigenvalue weighted by Gasteiger charge is -2.12. The van der Waals surface area contributed by atoms with E-state index in [9.17, 15) is 26.3 Å². The molecule has 0 aliphatic rings. The zero-order valence-electron chi connectivity index (χ0n) is 21.0. The first kappa shape index (κ1) is 28.3. The minimum absolute atomic E-state index is 0.0571. The third kappa shape index (κ3) is 7.22. The van der Waals surface area contributed by atoms with Gasteiger partial charge < -0.3 is 9.47 Å². The lowest BCUT2D eigenvalue weighted by molar-refractivity contribution is -0.154. The van der Waals surface area contributed by atoms with Crippen LogP contribution in [0.15, 0.2) is 60.7 Å². The summed E-state index contributed by atoms with van der Waals surface area (Å²) in [6, 6.07) is 15.1. The Labute approximate surface area is 221 Å². The fourth-order valence-electron chi connectivity index (χ4n) is 4.33. The predicted molar refractivity (Wildman–Crippen MR) is 134 cm³/mol. The molecule has 4 aromatic rings. The predicted octanol–water partition coefficient (Wildman–Crippen LogP) is 8.31. The molecule has 0 aromatic heterocycles. The van der Waals surface area contributed by atoms with Gasteiger partial charge in [-0.2, -0.15) is 13.2 Å². The van der Waals surface area contributed by atoms with Gasteiger partial charge >= 0.3 is 6.18 Å². The van der Waals surface area contributed by atoms with Crippen molar-refractivity contribution < 1.29 is 40.2 Å². The summed E-state index contributed by atoms with van der Waals surface area (Å²) in [6.07, 6.45) is -3.56. The van der Waals surface area contributed by atoms with Crippen LogP contribution in [0.1, 0.15) is 29.2 Å². The Kier molecular flexibility index (Phi) is 8.67. The molecule has 0 aliphatic heterocycles. The highest BCUT2D eigenvalue weighted by atomic mass is 19.4. The van der Waals surface area contributed by atoms with Crippen molar-refractivity contribution in [3.8, 4) is 11.5 Å². The van der Waals surface area contributed by atoms with E-state index in [1.807, 2.05) is 13.0 Å². The van der Waals surface area contributed by atoms with E-state index in [1.54, 1.807) is 36.4 Å². The van der Waals surface area contributed by atoms with Crippen LogP contribution in [-0.4, -0.2) is 19.4 Å². The standard InChI is InChI=1S/C30H25F7O2/c1-2-38-23-11-10-20(25(31)16-23)6-3-18-5-12-24-22(13-18)9-8-21(28(24)34)7-4-19-14-26(32)29(27(33)15-19)39-17-30(35,36)37/h5,8-16H,2-4,6-7,17H2,1H3. The maximum atomic E-state index is 15.2. The lowest BCUT2D eigenvalue weighted by atomic mass is 9.97. The molecular weight excluding hydrogens is 525 g/mol. The third-order valence-electron chi connectivity index (χ3n) is 6.24. The van der Waals surface area contributed by atoms with Crippen molar-refractivity contribution >= 4 is 10.8 Å². The SMILES string of the molecule is CCOc1ccc(CCc2ccc3c(F)c(CCc4cc(F)c(OCC(F)(F)F)c(F)c4)ccc3c2)c(F)c1. The van der Waals surface area contributed by atoms with Crippen LogP contribution < -0.4 is 9.47 Å². The molecule has 0 spiro atoms. The first-order valence-corrected chi connectivity index (χ1v) is 12.3. The molecule has 0 saturated carbocycles. The first-order chi connectivity index (χ1) is 18.5. The maximum absolute atomic E-state index is 15.2. The Morgan fingerprint density at radius 3 is 1.97 bits per heavy atom. The number of rotatable bonds is 10. The lowest BCUT2D eigenvalue weighted by Crippen LogP contribution is -2.20. The van der Waals surface area contributed by atoms with Crippen LogP contribution in [0, 0.1) is 23.3 Å². The number of hydrogen-bond donors (Lipinski definition) is 0. The molecule has 0 atom stereocenters.